The van der Waals surface area contributed by atoms with Crippen LogP contribution in [0.15, 0.2) is 30.5 Å². The molecule has 0 fully saturated rings. The maximum atomic E-state index is 5.20. The lowest BCUT2D eigenvalue weighted by Gasteiger charge is -2.09. The molecule has 0 saturated heterocycles. The van der Waals surface area contributed by atoms with Crippen molar-refractivity contribution in [2.75, 3.05) is 19.5 Å². The molecule has 2 rings (SSSR count). The predicted octanol–water partition coefficient (Wildman–Crippen LogP) is 2.94. The second-order valence-corrected chi connectivity index (χ2v) is 4.89. The average molecular weight is 355 g/mol. The van der Waals surface area contributed by atoms with Crippen molar-refractivity contribution < 1.29 is 4.74 Å². The minimum absolute atomic E-state index is 0.556. The summed E-state index contributed by atoms with van der Waals surface area (Å²) in [7, 11) is 3.54. The lowest BCUT2D eigenvalue weighted by atomic mass is 10.1. The van der Waals surface area contributed by atoms with Gasteiger partial charge in [-0.2, -0.15) is 0 Å². The standard InChI is InChI=1S/C13H14IN3O/c1-15-13-11(14)7-16-12(17-13)10-6-4-3-5-9(10)8-18-2/h3-7H,8H2,1-2H3,(H,15,16,17). The number of anilines is 1. The number of rotatable bonds is 4. The van der Waals surface area contributed by atoms with E-state index >= 15 is 0 Å². The Bertz CT molecular complexity index is 546. The van der Waals surface area contributed by atoms with Crippen LogP contribution in [-0.4, -0.2) is 24.1 Å². The van der Waals surface area contributed by atoms with Crippen molar-refractivity contribution in [1.29, 1.82) is 0 Å². The molecule has 0 unspecified atom stereocenters. The van der Waals surface area contributed by atoms with Gasteiger partial charge in [-0.25, -0.2) is 9.97 Å². The van der Waals surface area contributed by atoms with Gasteiger partial charge in [0.2, 0.25) is 0 Å². The number of nitrogens with one attached hydrogen (secondary N) is 1. The Labute approximate surface area is 120 Å². The second-order valence-electron chi connectivity index (χ2n) is 3.73. The number of aromatic nitrogens is 2. The van der Waals surface area contributed by atoms with E-state index in [1.165, 1.54) is 0 Å². The third-order valence-corrected chi connectivity index (χ3v) is 3.33. The number of hydrogen-bond donors (Lipinski definition) is 1. The highest BCUT2D eigenvalue weighted by Crippen LogP contribution is 2.23. The molecular weight excluding hydrogens is 341 g/mol. The van der Waals surface area contributed by atoms with Gasteiger partial charge in [0.05, 0.1) is 10.2 Å². The van der Waals surface area contributed by atoms with Crippen molar-refractivity contribution in [3.63, 3.8) is 0 Å². The van der Waals surface area contributed by atoms with E-state index in [4.69, 9.17) is 4.74 Å². The highest BCUT2D eigenvalue weighted by atomic mass is 127. The normalized spacial score (nSPS) is 10.4. The molecule has 0 atom stereocenters. The maximum Gasteiger partial charge on any atom is 0.161 e. The highest BCUT2D eigenvalue weighted by Gasteiger charge is 2.09. The Morgan fingerprint density at radius 3 is 2.83 bits per heavy atom. The van der Waals surface area contributed by atoms with E-state index in [1.54, 1.807) is 7.11 Å². The average Bonchev–Trinajstić information content (AvgIpc) is 2.40. The first-order chi connectivity index (χ1) is 8.76. The molecule has 0 aliphatic heterocycles. The van der Waals surface area contributed by atoms with E-state index in [0.717, 1.165) is 20.5 Å². The van der Waals surface area contributed by atoms with Gasteiger partial charge in [-0.3, -0.25) is 0 Å². The molecule has 18 heavy (non-hydrogen) atoms. The van der Waals surface area contributed by atoms with Crippen LogP contribution in [0.5, 0.6) is 0 Å². The molecule has 94 valence electrons. The van der Waals surface area contributed by atoms with E-state index in [0.29, 0.717) is 12.4 Å². The van der Waals surface area contributed by atoms with Gasteiger partial charge in [0, 0.05) is 25.9 Å². The first kappa shape index (κ1) is 13.2. The van der Waals surface area contributed by atoms with Crippen molar-refractivity contribution in [3.8, 4) is 11.4 Å². The van der Waals surface area contributed by atoms with Crippen LogP contribution in [0.3, 0.4) is 0 Å². The molecule has 0 spiro atoms. The lowest BCUT2D eigenvalue weighted by molar-refractivity contribution is 0.185. The minimum atomic E-state index is 0.556. The van der Waals surface area contributed by atoms with E-state index in [1.807, 2.05) is 37.5 Å². The first-order valence-corrected chi connectivity index (χ1v) is 6.61. The van der Waals surface area contributed by atoms with Gasteiger partial charge in [0.1, 0.15) is 5.82 Å². The Morgan fingerprint density at radius 1 is 1.33 bits per heavy atom. The molecule has 4 nitrogen and oxygen atoms in total. The van der Waals surface area contributed by atoms with Gasteiger partial charge < -0.3 is 10.1 Å². The summed E-state index contributed by atoms with van der Waals surface area (Å²) in [6, 6.07) is 8.01. The smallest absolute Gasteiger partial charge is 0.161 e. The molecule has 2 aromatic rings. The fourth-order valence-electron chi connectivity index (χ4n) is 1.69. The molecule has 0 aliphatic carbocycles. The van der Waals surface area contributed by atoms with Crippen LogP contribution < -0.4 is 5.32 Å². The molecule has 0 amide bonds. The number of benzene rings is 1. The summed E-state index contributed by atoms with van der Waals surface area (Å²) in [5.74, 6) is 1.56. The number of ether oxygens (including phenoxy) is 1. The van der Waals surface area contributed by atoms with E-state index < -0.39 is 0 Å². The molecule has 5 heteroatoms. The molecule has 1 aromatic carbocycles. The lowest BCUT2D eigenvalue weighted by Crippen LogP contribution is -2.01. The Morgan fingerprint density at radius 2 is 2.11 bits per heavy atom. The summed E-state index contributed by atoms with van der Waals surface area (Å²) in [6.07, 6.45) is 1.82. The molecule has 1 heterocycles. The summed E-state index contributed by atoms with van der Waals surface area (Å²) in [6.45, 7) is 0.556. The SMILES string of the molecule is CNc1nc(-c2ccccc2COC)ncc1I. The van der Waals surface area contributed by atoms with Crippen molar-refractivity contribution in [3.05, 3.63) is 39.6 Å². The van der Waals surface area contributed by atoms with Gasteiger partial charge in [-0.15, -0.1) is 0 Å². The summed E-state index contributed by atoms with van der Waals surface area (Å²) in [4.78, 5) is 8.90. The zero-order valence-electron chi connectivity index (χ0n) is 10.3. The van der Waals surface area contributed by atoms with E-state index in [-0.39, 0.29) is 0 Å². The van der Waals surface area contributed by atoms with Crippen molar-refractivity contribution >= 4 is 28.4 Å². The topological polar surface area (TPSA) is 47.0 Å². The molecule has 0 saturated carbocycles. The van der Waals surface area contributed by atoms with Crippen LogP contribution in [0.1, 0.15) is 5.56 Å². The van der Waals surface area contributed by atoms with Gasteiger partial charge in [-0.1, -0.05) is 24.3 Å². The third kappa shape index (κ3) is 2.78. The van der Waals surface area contributed by atoms with Crippen LogP contribution in [0.25, 0.3) is 11.4 Å². The fourth-order valence-corrected chi connectivity index (χ4v) is 2.22. The van der Waals surface area contributed by atoms with Gasteiger partial charge >= 0.3 is 0 Å². The molecule has 1 N–H and O–H groups in total. The molecule has 0 aliphatic rings. The summed E-state index contributed by atoms with van der Waals surface area (Å²) in [5, 5.41) is 3.07. The summed E-state index contributed by atoms with van der Waals surface area (Å²) in [5.41, 5.74) is 2.09. The zero-order valence-corrected chi connectivity index (χ0v) is 12.4. The zero-order chi connectivity index (χ0) is 13.0. The summed E-state index contributed by atoms with van der Waals surface area (Å²) >= 11 is 2.21. The van der Waals surface area contributed by atoms with Crippen molar-refractivity contribution in [2.45, 2.75) is 6.61 Å². The number of methoxy groups -OCH3 is 1. The fraction of sp³-hybridized carbons (Fsp3) is 0.231. The van der Waals surface area contributed by atoms with Crippen LogP contribution in [0, 0.1) is 3.57 Å². The monoisotopic (exact) mass is 355 g/mol. The third-order valence-electron chi connectivity index (χ3n) is 2.54. The molecule has 0 radical (unpaired) electrons. The van der Waals surface area contributed by atoms with Crippen LogP contribution in [0.4, 0.5) is 5.82 Å². The van der Waals surface area contributed by atoms with Crippen molar-refractivity contribution in [2.24, 2.45) is 0 Å². The summed E-state index contributed by atoms with van der Waals surface area (Å²) < 4.78 is 6.20. The number of nitrogens with zero attached hydrogens (tertiary/aromatic N) is 2. The van der Waals surface area contributed by atoms with E-state index in [9.17, 15) is 0 Å². The predicted molar refractivity (Wildman–Crippen MR) is 80.4 cm³/mol. The maximum absolute atomic E-state index is 5.20. The van der Waals surface area contributed by atoms with Crippen LogP contribution >= 0.6 is 22.6 Å². The Kier molecular flexibility index (Phi) is 4.48. The molecular formula is C13H14IN3O. The van der Waals surface area contributed by atoms with E-state index in [2.05, 4.69) is 37.9 Å². The number of halogens is 1. The van der Waals surface area contributed by atoms with Crippen LogP contribution in [-0.2, 0) is 11.3 Å². The van der Waals surface area contributed by atoms with Gasteiger partial charge in [0.15, 0.2) is 5.82 Å². The van der Waals surface area contributed by atoms with Crippen LogP contribution in [0.2, 0.25) is 0 Å². The quantitative estimate of drug-likeness (QED) is 0.857. The first-order valence-electron chi connectivity index (χ1n) is 5.53. The van der Waals surface area contributed by atoms with Crippen molar-refractivity contribution in [1.82, 2.24) is 9.97 Å². The minimum Gasteiger partial charge on any atom is -0.380 e. The Hall–Kier alpha value is -1.21. The van der Waals surface area contributed by atoms with Gasteiger partial charge in [0.25, 0.3) is 0 Å². The Balaban J connectivity index is 2.48. The largest absolute Gasteiger partial charge is 0.380 e. The molecule has 1 aromatic heterocycles. The molecule has 0 bridgehead atoms. The second kappa shape index (κ2) is 6.10. The highest BCUT2D eigenvalue weighted by molar-refractivity contribution is 14.1. The van der Waals surface area contributed by atoms with Gasteiger partial charge in [-0.05, 0) is 28.2 Å². The number of hydrogen-bond acceptors (Lipinski definition) is 4.